The largest absolute Gasteiger partial charge is 0.496 e. The Hall–Kier alpha value is -2.80. The normalized spacial score (nSPS) is 17.2. The number of ether oxygens (including phenoxy) is 1. The fraction of sp³-hybridized carbons (Fsp3) is 0.381. The van der Waals surface area contributed by atoms with Crippen molar-refractivity contribution in [2.45, 2.75) is 31.7 Å². The zero-order chi connectivity index (χ0) is 20.4. The molecule has 1 unspecified atom stereocenters. The SMILES string of the molecule is COc1ccccc1-c1cc(C(=O)N2CCCCCC2c2nn(C)cc2Cl)no1. The van der Waals surface area contributed by atoms with Gasteiger partial charge >= 0.3 is 0 Å². The number of nitrogens with zero attached hydrogens (tertiary/aromatic N) is 4. The minimum Gasteiger partial charge on any atom is -0.496 e. The number of amides is 1. The standard InChI is InChI=1S/C21H23ClN4O3/c1-25-13-15(22)20(23-25)17-9-4-3-7-11-26(17)21(27)16-12-19(29-24-16)14-8-5-6-10-18(14)28-2/h5-6,8,10,12-13,17H,3-4,7,9,11H2,1-2H3. The molecule has 1 atom stereocenters. The van der Waals surface area contributed by atoms with Crippen LogP contribution >= 0.6 is 11.6 Å². The Morgan fingerprint density at radius 1 is 1.28 bits per heavy atom. The van der Waals surface area contributed by atoms with E-state index in [-0.39, 0.29) is 17.6 Å². The second-order valence-corrected chi connectivity index (χ2v) is 7.58. The molecule has 7 nitrogen and oxygen atoms in total. The zero-order valence-electron chi connectivity index (χ0n) is 16.5. The Morgan fingerprint density at radius 2 is 2.10 bits per heavy atom. The third-order valence-electron chi connectivity index (χ3n) is 5.24. The first-order chi connectivity index (χ1) is 14.1. The molecule has 2 aromatic heterocycles. The van der Waals surface area contributed by atoms with Gasteiger partial charge in [-0.1, -0.05) is 41.7 Å². The van der Waals surface area contributed by atoms with Crippen LogP contribution in [0.15, 0.2) is 41.1 Å². The Balaban J connectivity index is 1.65. The summed E-state index contributed by atoms with van der Waals surface area (Å²) in [6.45, 7) is 0.632. The lowest BCUT2D eigenvalue weighted by molar-refractivity contribution is 0.0666. The van der Waals surface area contributed by atoms with E-state index in [0.29, 0.717) is 23.1 Å². The molecule has 3 aromatic rings. The molecule has 0 bridgehead atoms. The van der Waals surface area contributed by atoms with Crippen LogP contribution in [0, 0.1) is 0 Å². The number of para-hydroxylation sites is 1. The fourth-order valence-electron chi connectivity index (χ4n) is 3.84. The summed E-state index contributed by atoms with van der Waals surface area (Å²) in [6, 6.07) is 8.97. The highest BCUT2D eigenvalue weighted by Gasteiger charge is 2.32. The third-order valence-corrected chi connectivity index (χ3v) is 5.53. The van der Waals surface area contributed by atoms with Gasteiger partial charge in [-0.15, -0.1) is 0 Å². The lowest BCUT2D eigenvalue weighted by Gasteiger charge is -2.28. The summed E-state index contributed by atoms with van der Waals surface area (Å²) in [6.07, 6.45) is 5.60. The smallest absolute Gasteiger partial charge is 0.276 e. The van der Waals surface area contributed by atoms with Crippen LogP contribution < -0.4 is 4.74 Å². The molecule has 0 saturated carbocycles. The highest BCUT2D eigenvalue weighted by atomic mass is 35.5. The van der Waals surface area contributed by atoms with Crippen molar-refractivity contribution in [3.05, 3.63) is 52.9 Å². The summed E-state index contributed by atoms with van der Waals surface area (Å²) in [5, 5.41) is 9.13. The van der Waals surface area contributed by atoms with E-state index in [4.69, 9.17) is 20.9 Å². The molecule has 1 fully saturated rings. The highest BCUT2D eigenvalue weighted by molar-refractivity contribution is 6.31. The monoisotopic (exact) mass is 414 g/mol. The first kappa shape index (κ1) is 19.5. The molecule has 1 aromatic carbocycles. The number of benzene rings is 1. The molecule has 29 heavy (non-hydrogen) atoms. The zero-order valence-corrected chi connectivity index (χ0v) is 17.2. The molecule has 0 radical (unpaired) electrons. The number of aryl methyl sites for hydroxylation is 1. The Kier molecular flexibility index (Phi) is 5.58. The minimum atomic E-state index is -0.177. The molecule has 0 N–H and O–H groups in total. The van der Waals surface area contributed by atoms with Crippen molar-refractivity contribution in [1.29, 1.82) is 0 Å². The Bertz CT molecular complexity index is 1010. The van der Waals surface area contributed by atoms with E-state index in [1.165, 1.54) is 0 Å². The summed E-state index contributed by atoms with van der Waals surface area (Å²) < 4.78 is 12.5. The lowest BCUT2D eigenvalue weighted by atomic mass is 10.1. The maximum atomic E-state index is 13.3. The number of rotatable bonds is 4. The van der Waals surface area contributed by atoms with E-state index in [1.807, 2.05) is 36.2 Å². The molecular weight excluding hydrogens is 392 g/mol. The molecule has 152 valence electrons. The highest BCUT2D eigenvalue weighted by Crippen LogP contribution is 2.35. The Morgan fingerprint density at radius 3 is 2.86 bits per heavy atom. The van der Waals surface area contributed by atoms with E-state index in [2.05, 4.69) is 10.3 Å². The van der Waals surface area contributed by atoms with Gasteiger partial charge in [-0.2, -0.15) is 5.10 Å². The van der Waals surface area contributed by atoms with Gasteiger partial charge in [-0.3, -0.25) is 9.48 Å². The molecule has 0 aliphatic carbocycles. The topological polar surface area (TPSA) is 73.4 Å². The maximum absolute atomic E-state index is 13.3. The Labute approximate surface area is 174 Å². The van der Waals surface area contributed by atoms with Crippen LogP contribution in [0.2, 0.25) is 5.02 Å². The van der Waals surface area contributed by atoms with Crippen LogP contribution in [0.5, 0.6) is 5.75 Å². The molecule has 8 heteroatoms. The van der Waals surface area contributed by atoms with Crippen LogP contribution in [-0.2, 0) is 7.05 Å². The van der Waals surface area contributed by atoms with Crippen molar-refractivity contribution in [1.82, 2.24) is 19.8 Å². The number of methoxy groups -OCH3 is 1. The summed E-state index contributed by atoms with van der Waals surface area (Å²) in [7, 11) is 3.43. The molecule has 1 aliphatic rings. The summed E-state index contributed by atoms with van der Waals surface area (Å²) in [4.78, 5) is 15.2. The lowest BCUT2D eigenvalue weighted by Crippen LogP contribution is -2.35. The minimum absolute atomic E-state index is 0.176. The van der Waals surface area contributed by atoms with Crippen molar-refractivity contribution >= 4 is 17.5 Å². The van der Waals surface area contributed by atoms with Gasteiger partial charge in [-0.25, -0.2) is 0 Å². The van der Waals surface area contributed by atoms with Gasteiger partial charge in [0, 0.05) is 25.9 Å². The van der Waals surface area contributed by atoms with Crippen molar-refractivity contribution in [3.63, 3.8) is 0 Å². The molecular formula is C21H23ClN4O3. The number of carbonyl (C=O) groups is 1. The van der Waals surface area contributed by atoms with Crippen molar-refractivity contribution in [2.75, 3.05) is 13.7 Å². The van der Waals surface area contributed by atoms with Gasteiger partial charge in [0.1, 0.15) is 11.4 Å². The van der Waals surface area contributed by atoms with Gasteiger partial charge in [0.2, 0.25) is 0 Å². The summed E-state index contributed by atoms with van der Waals surface area (Å²) in [5.74, 6) is 0.979. The average Bonchev–Trinajstić information content (AvgIpc) is 3.26. The van der Waals surface area contributed by atoms with Gasteiger partial charge in [-0.05, 0) is 25.0 Å². The van der Waals surface area contributed by atoms with Gasteiger partial charge < -0.3 is 14.2 Å². The second kappa shape index (κ2) is 8.29. The summed E-state index contributed by atoms with van der Waals surface area (Å²) in [5.41, 5.74) is 1.75. The van der Waals surface area contributed by atoms with Crippen molar-refractivity contribution in [3.8, 4) is 17.1 Å². The first-order valence-electron chi connectivity index (χ1n) is 9.68. The fourth-order valence-corrected chi connectivity index (χ4v) is 4.14. The van der Waals surface area contributed by atoms with Crippen molar-refractivity contribution < 1.29 is 14.1 Å². The number of carbonyl (C=O) groups excluding carboxylic acids is 1. The quantitative estimate of drug-likeness (QED) is 0.628. The van der Waals surface area contributed by atoms with Crippen LogP contribution in [-0.4, -0.2) is 39.4 Å². The third kappa shape index (κ3) is 3.87. The van der Waals surface area contributed by atoms with Gasteiger partial charge in [0.05, 0.1) is 23.7 Å². The van der Waals surface area contributed by atoms with Crippen LogP contribution in [0.25, 0.3) is 11.3 Å². The van der Waals surface area contributed by atoms with E-state index in [9.17, 15) is 4.79 Å². The number of likely N-dealkylation sites (tertiary alicyclic amines) is 1. The number of halogens is 1. The van der Waals surface area contributed by atoms with E-state index < -0.39 is 0 Å². The second-order valence-electron chi connectivity index (χ2n) is 7.18. The number of hydrogen-bond acceptors (Lipinski definition) is 5. The molecule has 1 amide bonds. The van der Waals surface area contributed by atoms with E-state index in [0.717, 1.165) is 36.9 Å². The first-order valence-corrected chi connectivity index (χ1v) is 10.1. The van der Waals surface area contributed by atoms with Crippen LogP contribution in [0.3, 0.4) is 0 Å². The number of hydrogen-bond donors (Lipinski definition) is 0. The van der Waals surface area contributed by atoms with E-state index >= 15 is 0 Å². The van der Waals surface area contributed by atoms with Crippen molar-refractivity contribution in [2.24, 2.45) is 7.05 Å². The van der Waals surface area contributed by atoms with Gasteiger partial charge in [0.15, 0.2) is 11.5 Å². The molecule has 4 rings (SSSR count). The predicted octanol–water partition coefficient (Wildman–Crippen LogP) is 4.49. The molecule has 1 saturated heterocycles. The molecule has 1 aliphatic heterocycles. The molecule has 3 heterocycles. The number of aromatic nitrogens is 3. The van der Waals surface area contributed by atoms with Gasteiger partial charge in [0.25, 0.3) is 5.91 Å². The maximum Gasteiger partial charge on any atom is 0.276 e. The van der Waals surface area contributed by atoms with Crippen LogP contribution in [0.1, 0.15) is 47.9 Å². The predicted molar refractivity (Wildman–Crippen MR) is 109 cm³/mol. The molecule has 0 spiro atoms. The van der Waals surface area contributed by atoms with Crippen LogP contribution in [0.4, 0.5) is 0 Å². The van der Waals surface area contributed by atoms with E-state index in [1.54, 1.807) is 24.1 Å². The summed E-state index contributed by atoms with van der Waals surface area (Å²) >= 11 is 6.40. The average molecular weight is 415 g/mol.